The second-order valence-corrected chi connectivity index (χ2v) is 12.3. The Bertz CT molecular complexity index is 551. The Morgan fingerprint density at radius 1 is 0.926 bits per heavy atom. The Morgan fingerprint density at radius 2 is 1.59 bits per heavy atom. The topological polar surface area (TPSA) is 40.5 Å². The van der Waals surface area contributed by atoms with Gasteiger partial charge >= 0.3 is 0 Å². The molecule has 0 unspecified atom stereocenters. The molecule has 4 aliphatic carbocycles. The summed E-state index contributed by atoms with van der Waals surface area (Å²) in [7, 11) is 0. The molecule has 0 amide bonds. The smallest absolute Gasteiger partial charge is 0.0594 e. The van der Waals surface area contributed by atoms with Crippen LogP contribution in [-0.4, -0.2) is 21.9 Å². The highest BCUT2D eigenvalue weighted by atomic mass is 16.3. The largest absolute Gasteiger partial charge is 0.393 e. The quantitative estimate of drug-likeness (QED) is 0.653. The molecule has 4 rings (SSSR count). The summed E-state index contributed by atoms with van der Waals surface area (Å²) in [5, 5.41) is 20.6. The maximum Gasteiger partial charge on any atom is 0.0594 e. The molecule has 0 bridgehead atoms. The summed E-state index contributed by atoms with van der Waals surface area (Å²) in [4.78, 5) is 0. The Balaban J connectivity index is 1.54. The van der Waals surface area contributed by atoms with Gasteiger partial charge in [0.05, 0.1) is 11.7 Å². The summed E-state index contributed by atoms with van der Waals surface area (Å²) < 4.78 is 0. The van der Waals surface area contributed by atoms with E-state index < -0.39 is 5.60 Å². The molecule has 9 atom stereocenters. The molecular formula is C25H44O2. The van der Waals surface area contributed by atoms with E-state index in [-0.39, 0.29) is 6.10 Å². The van der Waals surface area contributed by atoms with Crippen molar-refractivity contribution in [1.82, 2.24) is 0 Å². The van der Waals surface area contributed by atoms with Crippen molar-refractivity contribution in [2.75, 3.05) is 0 Å². The van der Waals surface area contributed by atoms with Gasteiger partial charge in [0.2, 0.25) is 0 Å². The minimum atomic E-state index is -0.542. The number of aliphatic hydroxyl groups is 2. The van der Waals surface area contributed by atoms with E-state index in [0.29, 0.717) is 16.7 Å². The van der Waals surface area contributed by atoms with Crippen LogP contribution in [0.1, 0.15) is 98.8 Å². The lowest BCUT2D eigenvalue weighted by molar-refractivity contribution is -0.130. The van der Waals surface area contributed by atoms with E-state index in [1.807, 2.05) is 13.8 Å². The maximum absolute atomic E-state index is 10.4. The van der Waals surface area contributed by atoms with Crippen molar-refractivity contribution in [3.05, 3.63) is 0 Å². The Labute approximate surface area is 167 Å². The lowest BCUT2D eigenvalue weighted by Crippen LogP contribution is -2.54. The first kappa shape index (κ1) is 20.2. The monoisotopic (exact) mass is 376 g/mol. The Kier molecular flexibility index (Phi) is 5.03. The van der Waals surface area contributed by atoms with Gasteiger partial charge in [-0.3, -0.25) is 0 Å². The van der Waals surface area contributed by atoms with Crippen molar-refractivity contribution in [3.63, 3.8) is 0 Å². The van der Waals surface area contributed by atoms with Crippen LogP contribution in [0.25, 0.3) is 0 Å². The Morgan fingerprint density at radius 3 is 2.30 bits per heavy atom. The molecular weight excluding hydrogens is 332 g/mol. The summed E-state index contributed by atoms with van der Waals surface area (Å²) in [5.74, 6) is 4.87. The molecule has 156 valence electrons. The third-order valence-electron chi connectivity index (χ3n) is 10.2. The average Bonchev–Trinajstić information content (AvgIpc) is 2.91. The van der Waals surface area contributed by atoms with Gasteiger partial charge in [0.25, 0.3) is 0 Å². The summed E-state index contributed by atoms with van der Waals surface area (Å²) in [6.45, 7) is 11.6. The zero-order valence-corrected chi connectivity index (χ0v) is 18.5. The molecule has 2 nitrogen and oxygen atoms in total. The van der Waals surface area contributed by atoms with Crippen LogP contribution in [0.3, 0.4) is 0 Å². The molecule has 0 spiro atoms. The second kappa shape index (κ2) is 6.73. The standard InChI is InChI=1S/C25H44O2/c1-16(15-23(2,3)27)20-8-9-21-19-7-6-17-14-18(26)10-12-24(17,4)22(19)11-13-25(20,21)5/h16-22,26-27H,6-15H2,1-5H3/t16-,17-,18+,19+,20-,21+,22+,24+,25-/m1/s1. The van der Waals surface area contributed by atoms with E-state index in [2.05, 4.69) is 20.8 Å². The van der Waals surface area contributed by atoms with E-state index in [1.165, 1.54) is 44.9 Å². The van der Waals surface area contributed by atoms with Gasteiger partial charge in [-0.25, -0.2) is 0 Å². The molecule has 4 saturated carbocycles. The molecule has 0 saturated heterocycles. The first-order valence-corrected chi connectivity index (χ1v) is 11.9. The fourth-order valence-corrected chi connectivity index (χ4v) is 9.14. The third kappa shape index (κ3) is 3.31. The summed E-state index contributed by atoms with van der Waals surface area (Å²) in [5.41, 5.74) is 0.434. The molecule has 0 radical (unpaired) electrons. The van der Waals surface area contributed by atoms with Crippen LogP contribution in [0.5, 0.6) is 0 Å². The van der Waals surface area contributed by atoms with Crippen LogP contribution in [0.15, 0.2) is 0 Å². The number of rotatable bonds is 3. The number of fused-ring (bicyclic) bond motifs is 5. The van der Waals surface area contributed by atoms with Gasteiger partial charge in [0.15, 0.2) is 0 Å². The number of hydrogen-bond donors (Lipinski definition) is 2. The van der Waals surface area contributed by atoms with E-state index in [1.54, 1.807) is 0 Å². The van der Waals surface area contributed by atoms with E-state index in [4.69, 9.17) is 0 Å². The maximum atomic E-state index is 10.4. The lowest BCUT2D eigenvalue weighted by Gasteiger charge is -2.61. The third-order valence-corrected chi connectivity index (χ3v) is 10.2. The number of hydrogen-bond acceptors (Lipinski definition) is 2. The van der Waals surface area contributed by atoms with Gasteiger partial charge in [0, 0.05) is 0 Å². The lowest BCUT2D eigenvalue weighted by atomic mass is 9.44. The van der Waals surface area contributed by atoms with Crippen molar-refractivity contribution >= 4 is 0 Å². The van der Waals surface area contributed by atoms with E-state index in [9.17, 15) is 10.2 Å². The zero-order valence-electron chi connectivity index (χ0n) is 18.5. The van der Waals surface area contributed by atoms with Crippen molar-refractivity contribution in [1.29, 1.82) is 0 Å². The minimum absolute atomic E-state index is 0.0352. The second-order valence-electron chi connectivity index (χ2n) is 12.3. The van der Waals surface area contributed by atoms with Crippen LogP contribution < -0.4 is 0 Å². The first-order chi connectivity index (χ1) is 12.5. The molecule has 0 aromatic heterocycles. The highest BCUT2D eigenvalue weighted by Crippen LogP contribution is 2.68. The normalized spacial score (nSPS) is 51.2. The van der Waals surface area contributed by atoms with E-state index in [0.717, 1.165) is 48.9 Å². The van der Waals surface area contributed by atoms with Crippen LogP contribution in [0.4, 0.5) is 0 Å². The highest BCUT2D eigenvalue weighted by Gasteiger charge is 2.60. The molecule has 2 heteroatoms. The fourth-order valence-electron chi connectivity index (χ4n) is 9.14. The Hall–Kier alpha value is -0.0800. The molecule has 0 aromatic carbocycles. The van der Waals surface area contributed by atoms with Crippen LogP contribution in [0, 0.1) is 46.3 Å². The molecule has 4 fully saturated rings. The predicted octanol–water partition coefficient (Wildman–Crippen LogP) is 5.80. The number of aliphatic hydroxyl groups excluding tert-OH is 1. The molecule has 4 aliphatic rings. The van der Waals surface area contributed by atoms with Crippen molar-refractivity contribution in [2.24, 2.45) is 46.3 Å². The summed E-state index contributed by atoms with van der Waals surface area (Å²) in [6.07, 6.45) is 12.6. The SMILES string of the molecule is C[C@H](CC(C)(C)O)[C@H]1CC[C@H]2[C@@H]3CC[C@@H]4C[C@@H](O)CC[C@]4(C)[C@H]3CC[C@]12C. The first-order valence-electron chi connectivity index (χ1n) is 11.9. The van der Waals surface area contributed by atoms with Crippen molar-refractivity contribution in [2.45, 2.75) is 111 Å². The van der Waals surface area contributed by atoms with Gasteiger partial charge in [0.1, 0.15) is 0 Å². The van der Waals surface area contributed by atoms with E-state index >= 15 is 0 Å². The van der Waals surface area contributed by atoms with Crippen LogP contribution in [-0.2, 0) is 0 Å². The van der Waals surface area contributed by atoms with Gasteiger partial charge in [-0.1, -0.05) is 20.8 Å². The predicted molar refractivity (Wildman–Crippen MR) is 111 cm³/mol. The fraction of sp³-hybridized carbons (Fsp3) is 1.00. The molecule has 0 aromatic rings. The summed E-state index contributed by atoms with van der Waals surface area (Å²) in [6, 6.07) is 0. The molecule has 0 aliphatic heterocycles. The highest BCUT2D eigenvalue weighted by molar-refractivity contribution is 5.09. The summed E-state index contributed by atoms with van der Waals surface area (Å²) >= 11 is 0. The van der Waals surface area contributed by atoms with Crippen molar-refractivity contribution < 1.29 is 10.2 Å². The van der Waals surface area contributed by atoms with Crippen molar-refractivity contribution in [3.8, 4) is 0 Å². The molecule has 0 heterocycles. The molecule has 27 heavy (non-hydrogen) atoms. The van der Waals surface area contributed by atoms with Gasteiger partial charge in [-0.15, -0.1) is 0 Å². The van der Waals surface area contributed by atoms with Gasteiger partial charge in [-0.2, -0.15) is 0 Å². The van der Waals surface area contributed by atoms with Crippen LogP contribution >= 0.6 is 0 Å². The van der Waals surface area contributed by atoms with Gasteiger partial charge < -0.3 is 10.2 Å². The average molecular weight is 377 g/mol. The van der Waals surface area contributed by atoms with Gasteiger partial charge in [-0.05, 0) is 124 Å². The zero-order chi connectivity index (χ0) is 19.6. The van der Waals surface area contributed by atoms with Crippen LogP contribution in [0.2, 0.25) is 0 Å². The molecule has 2 N–H and O–H groups in total. The minimum Gasteiger partial charge on any atom is -0.393 e.